The summed E-state index contributed by atoms with van der Waals surface area (Å²) >= 11 is 5.99. The largest absolute Gasteiger partial charge is 0.368 e. The van der Waals surface area contributed by atoms with Gasteiger partial charge in [-0.2, -0.15) is 0 Å². The molecule has 0 aliphatic carbocycles. The predicted molar refractivity (Wildman–Crippen MR) is 82.1 cm³/mol. The molecule has 0 saturated carbocycles. The fraction of sp³-hybridized carbons (Fsp3) is 0.429. The van der Waals surface area contributed by atoms with E-state index in [9.17, 15) is 9.59 Å². The zero-order valence-electron chi connectivity index (χ0n) is 11.6. The molecular weight excluding hydrogens is 292 g/mol. The van der Waals surface area contributed by atoms with Gasteiger partial charge in [0.1, 0.15) is 6.04 Å². The monoisotopic (exact) mass is 310 g/mol. The normalized spacial score (nSPS) is 19.2. The molecule has 1 heterocycles. The molecule has 1 aliphatic rings. The molecular formula is C14H19ClN4O2. The summed E-state index contributed by atoms with van der Waals surface area (Å²) in [6.07, 6.45) is 0.287. The van der Waals surface area contributed by atoms with E-state index in [2.05, 4.69) is 10.6 Å². The fourth-order valence-electron chi connectivity index (χ4n) is 2.31. The van der Waals surface area contributed by atoms with Crippen molar-refractivity contribution in [3.05, 3.63) is 29.3 Å². The first-order valence-corrected chi connectivity index (χ1v) is 7.24. The summed E-state index contributed by atoms with van der Waals surface area (Å²) in [4.78, 5) is 25.3. The summed E-state index contributed by atoms with van der Waals surface area (Å²) in [5.74, 6) is -0.501. The van der Waals surface area contributed by atoms with Crippen molar-refractivity contribution < 1.29 is 9.59 Å². The second kappa shape index (κ2) is 7.40. The minimum atomic E-state index is -0.367. The standard InChI is InChI=1S/C14H19ClN4O2/c15-10-3-1-2-4-11(10)18-13(20)5-7-19-8-6-17-9-12(19)14(16)21/h1-4,12,17H,5-9H2,(H2,16,21)(H,18,20). The summed E-state index contributed by atoms with van der Waals surface area (Å²) in [7, 11) is 0. The quantitative estimate of drug-likeness (QED) is 0.736. The molecule has 1 atom stereocenters. The minimum Gasteiger partial charge on any atom is -0.368 e. The van der Waals surface area contributed by atoms with Gasteiger partial charge >= 0.3 is 0 Å². The molecule has 0 radical (unpaired) electrons. The van der Waals surface area contributed by atoms with Crippen LogP contribution in [0.3, 0.4) is 0 Å². The number of carbonyl (C=O) groups excluding carboxylic acids is 2. The van der Waals surface area contributed by atoms with Crippen LogP contribution in [-0.2, 0) is 9.59 Å². The molecule has 2 rings (SSSR count). The summed E-state index contributed by atoms with van der Waals surface area (Å²) in [5, 5.41) is 6.39. The van der Waals surface area contributed by atoms with Gasteiger partial charge < -0.3 is 16.4 Å². The Morgan fingerprint density at radius 1 is 1.43 bits per heavy atom. The van der Waals surface area contributed by atoms with Gasteiger partial charge in [-0.15, -0.1) is 0 Å². The molecule has 1 aromatic rings. The van der Waals surface area contributed by atoms with Crippen LogP contribution in [0, 0.1) is 0 Å². The zero-order valence-corrected chi connectivity index (χ0v) is 12.4. The number of amides is 2. The topological polar surface area (TPSA) is 87.5 Å². The highest BCUT2D eigenvalue weighted by Crippen LogP contribution is 2.20. The Balaban J connectivity index is 1.86. The first-order valence-electron chi connectivity index (χ1n) is 6.86. The molecule has 1 saturated heterocycles. The maximum Gasteiger partial charge on any atom is 0.236 e. The Kier molecular flexibility index (Phi) is 5.55. The zero-order chi connectivity index (χ0) is 15.2. The van der Waals surface area contributed by atoms with Gasteiger partial charge in [0, 0.05) is 32.6 Å². The highest BCUT2D eigenvalue weighted by atomic mass is 35.5. The van der Waals surface area contributed by atoms with Crippen LogP contribution < -0.4 is 16.4 Å². The summed E-state index contributed by atoms with van der Waals surface area (Å²) in [6.45, 7) is 2.51. The number of hydrogen-bond acceptors (Lipinski definition) is 4. The first-order chi connectivity index (χ1) is 10.1. The van der Waals surface area contributed by atoms with Gasteiger partial charge in [0.05, 0.1) is 10.7 Å². The number of carbonyl (C=O) groups is 2. The Bertz CT molecular complexity index is 523. The van der Waals surface area contributed by atoms with Crippen molar-refractivity contribution in [3.63, 3.8) is 0 Å². The summed E-state index contributed by atoms with van der Waals surface area (Å²) in [5.41, 5.74) is 5.96. The average molecular weight is 311 g/mol. The number of piperazine rings is 1. The van der Waals surface area contributed by atoms with E-state index in [4.69, 9.17) is 17.3 Å². The molecule has 0 aromatic heterocycles. The van der Waals surface area contributed by atoms with E-state index in [1.54, 1.807) is 24.3 Å². The van der Waals surface area contributed by atoms with Gasteiger partial charge in [0.15, 0.2) is 0 Å². The number of nitrogens with two attached hydrogens (primary N) is 1. The van der Waals surface area contributed by atoms with Crippen LogP contribution in [0.2, 0.25) is 5.02 Å². The van der Waals surface area contributed by atoms with Gasteiger partial charge in [0.25, 0.3) is 0 Å². The summed E-state index contributed by atoms with van der Waals surface area (Å²) in [6, 6.07) is 6.72. The molecule has 2 amide bonds. The number of nitrogens with one attached hydrogen (secondary N) is 2. The van der Waals surface area contributed by atoms with Crippen LogP contribution in [0.1, 0.15) is 6.42 Å². The van der Waals surface area contributed by atoms with E-state index < -0.39 is 0 Å². The second-order valence-corrected chi connectivity index (χ2v) is 5.34. The van der Waals surface area contributed by atoms with E-state index in [0.717, 1.165) is 6.54 Å². The number of primary amides is 1. The molecule has 1 unspecified atom stereocenters. The molecule has 1 fully saturated rings. The van der Waals surface area contributed by atoms with Gasteiger partial charge in [-0.1, -0.05) is 23.7 Å². The number of nitrogens with zero attached hydrogens (tertiary/aromatic N) is 1. The molecule has 7 heteroatoms. The van der Waals surface area contributed by atoms with E-state index in [-0.39, 0.29) is 24.3 Å². The lowest BCUT2D eigenvalue weighted by atomic mass is 10.1. The van der Waals surface area contributed by atoms with Gasteiger partial charge in [0.2, 0.25) is 11.8 Å². The maximum atomic E-state index is 12.0. The molecule has 6 nitrogen and oxygen atoms in total. The van der Waals surface area contributed by atoms with Crippen molar-refractivity contribution in [2.75, 3.05) is 31.5 Å². The third kappa shape index (κ3) is 4.42. The van der Waals surface area contributed by atoms with Crippen LogP contribution in [0.25, 0.3) is 0 Å². The fourth-order valence-corrected chi connectivity index (χ4v) is 2.50. The molecule has 0 bridgehead atoms. The average Bonchev–Trinajstić information content (AvgIpc) is 2.48. The molecule has 1 aromatic carbocycles. The number of anilines is 1. The van der Waals surface area contributed by atoms with E-state index in [0.29, 0.717) is 30.3 Å². The Morgan fingerprint density at radius 3 is 2.90 bits per heavy atom. The van der Waals surface area contributed by atoms with Crippen molar-refractivity contribution in [3.8, 4) is 0 Å². The molecule has 1 aliphatic heterocycles. The van der Waals surface area contributed by atoms with Crippen LogP contribution in [0.4, 0.5) is 5.69 Å². The lowest BCUT2D eigenvalue weighted by Crippen LogP contribution is -2.57. The van der Waals surface area contributed by atoms with Crippen molar-refractivity contribution in [1.82, 2.24) is 10.2 Å². The maximum absolute atomic E-state index is 12.0. The van der Waals surface area contributed by atoms with Crippen molar-refractivity contribution in [2.45, 2.75) is 12.5 Å². The highest BCUT2D eigenvalue weighted by Gasteiger charge is 2.26. The third-order valence-electron chi connectivity index (χ3n) is 3.46. The number of benzene rings is 1. The van der Waals surface area contributed by atoms with Crippen LogP contribution in [0.15, 0.2) is 24.3 Å². The van der Waals surface area contributed by atoms with Crippen molar-refractivity contribution in [1.29, 1.82) is 0 Å². The second-order valence-electron chi connectivity index (χ2n) is 4.94. The van der Waals surface area contributed by atoms with Gasteiger partial charge in [-0.05, 0) is 12.1 Å². The Morgan fingerprint density at radius 2 is 2.19 bits per heavy atom. The highest BCUT2D eigenvalue weighted by molar-refractivity contribution is 6.33. The summed E-state index contributed by atoms with van der Waals surface area (Å²) < 4.78 is 0. The molecule has 21 heavy (non-hydrogen) atoms. The van der Waals surface area contributed by atoms with Crippen LogP contribution in [0.5, 0.6) is 0 Å². The number of halogens is 1. The van der Waals surface area contributed by atoms with E-state index >= 15 is 0 Å². The van der Waals surface area contributed by atoms with Crippen LogP contribution in [-0.4, -0.2) is 48.9 Å². The van der Waals surface area contributed by atoms with Crippen molar-refractivity contribution in [2.24, 2.45) is 5.73 Å². The number of hydrogen-bond donors (Lipinski definition) is 3. The molecule has 0 spiro atoms. The third-order valence-corrected chi connectivity index (χ3v) is 3.79. The first kappa shape index (κ1) is 15.8. The SMILES string of the molecule is NC(=O)C1CNCCN1CCC(=O)Nc1ccccc1Cl. The number of rotatable bonds is 5. The van der Waals surface area contributed by atoms with Crippen LogP contribution >= 0.6 is 11.6 Å². The van der Waals surface area contributed by atoms with Crippen molar-refractivity contribution >= 4 is 29.1 Å². The molecule has 114 valence electrons. The Labute approximate surface area is 128 Å². The minimum absolute atomic E-state index is 0.134. The van der Waals surface area contributed by atoms with E-state index in [1.807, 2.05) is 4.90 Å². The van der Waals surface area contributed by atoms with E-state index in [1.165, 1.54) is 0 Å². The number of para-hydroxylation sites is 1. The Hall–Kier alpha value is -1.63. The van der Waals surface area contributed by atoms with Gasteiger partial charge in [-0.3, -0.25) is 14.5 Å². The smallest absolute Gasteiger partial charge is 0.236 e. The van der Waals surface area contributed by atoms with Gasteiger partial charge in [-0.25, -0.2) is 0 Å². The lowest BCUT2D eigenvalue weighted by molar-refractivity contribution is -0.125. The molecule has 4 N–H and O–H groups in total. The lowest BCUT2D eigenvalue weighted by Gasteiger charge is -2.33. The predicted octanol–water partition coefficient (Wildman–Crippen LogP) is 0.428.